The molecule has 2 aliphatic rings. The van der Waals surface area contributed by atoms with Crippen molar-refractivity contribution in [1.82, 2.24) is 4.57 Å². The molecule has 0 N–H and O–H groups in total. The van der Waals surface area contributed by atoms with Crippen LogP contribution in [0.5, 0.6) is 0 Å². The fourth-order valence-corrected chi connectivity index (χ4v) is 12.1. The lowest BCUT2D eigenvalue weighted by atomic mass is 9.97. The first kappa shape index (κ1) is 26.9. The van der Waals surface area contributed by atoms with Crippen LogP contribution < -0.4 is 4.90 Å². The molecule has 0 aliphatic heterocycles. The van der Waals surface area contributed by atoms with E-state index in [1.54, 1.807) is 0 Å². The zero-order valence-electron chi connectivity index (χ0n) is 24.9. The Hall–Kier alpha value is -3.95. The average molecular weight is 569 g/mol. The Morgan fingerprint density at radius 1 is 0.714 bits per heavy atom. The van der Waals surface area contributed by atoms with Crippen molar-refractivity contribution in [3.8, 4) is 0 Å². The number of hydrogen-bond acceptors (Lipinski definition) is 1. The molecule has 2 aliphatic carbocycles. The molecule has 0 radical (unpaired) electrons. The molecule has 0 fully saturated rings. The molecule has 0 bridgehead atoms. The monoisotopic (exact) mass is 568 g/mol. The summed E-state index contributed by atoms with van der Waals surface area (Å²) in [6.45, 7) is 2.44. The van der Waals surface area contributed by atoms with Crippen molar-refractivity contribution in [3.05, 3.63) is 127 Å². The molecule has 0 saturated carbocycles. The maximum absolute atomic E-state index is 2.57. The smallest absolute Gasteiger partial charge is 0.0538 e. The quantitative estimate of drug-likeness (QED) is 0.185. The van der Waals surface area contributed by atoms with Crippen LogP contribution in [0.3, 0.4) is 0 Å². The van der Waals surface area contributed by atoms with Gasteiger partial charge in [-0.1, -0.05) is 73.7 Å². The van der Waals surface area contributed by atoms with Crippen LogP contribution in [0.4, 0.5) is 5.69 Å². The Morgan fingerprint density at radius 2 is 1.48 bits per heavy atom. The summed E-state index contributed by atoms with van der Waals surface area (Å²) in [5.41, 5.74) is 5.24. The molecule has 0 spiro atoms. The van der Waals surface area contributed by atoms with Crippen molar-refractivity contribution in [2.24, 2.45) is 5.92 Å². The summed E-state index contributed by atoms with van der Waals surface area (Å²) in [4.78, 5) is 6.61. The second-order valence-corrected chi connectivity index (χ2v) is 15.3. The molecule has 0 saturated heterocycles. The number of aromatic nitrogens is 1. The number of benzene rings is 4. The molecule has 0 amide bonds. The van der Waals surface area contributed by atoms with Gasteiger partial charge in [0, 0.05) is 46.4 Å². The van der Waals surface area contributed by atoms with Gasteiger partial charge in [0.25, 0.3) is 0 Å². The third-order valence-electron chi connectivity index (χ3n) is 9.21. The van der Waals surface area contributed by atoms with Crippen molar-refractivity contribution in [2.75, 3.05) is 19.0 Å². The Kier molecular flexibility index (Phi) is 7.07. The number of para-hydroxylation sites is 1. The predicted octanol–water partition coefficient (Wildman–Crippen LogP) is 10.7. The van der Waals surface area contributed by atoms with Crippen molar-refractivity contribution in [1.29, 1.82) is 0 Å². The van der Waals surface area contributed by atoms with Gasteiger partial charge in [-0.15, -0.1) is 0 Å². The standard InChI is InChI=1S/C39H40N2S/c1-29-15-10-13-24-39(29)42(32-19-8-5-9-20-32,33-21-14-18-31(27-33)40(2)3)34-25-26-38-36(28-34)35-22-11-12-23-37(35)41(38)30-16-6-4-7-17-30/h4-6,8-12,14-16,18-23,25-29,39H,7,13,17,24H2,1-3H3. The van der Waals surface area contributed by atoms with Gasteiger partial charge in [0.15, 0.2) is 0 Å². The van der Waals surface area contributed by atoms with Gasteiger partial charge in [-0.2, -0.15) is 10.0 Å². The van der Waals surface area contributed by atoms with Gasteiger partial charge in [-0.05, 0) is 102 Å². The lowest BCUT2D eigenvalue weighted by Crippen LogP contribution is -2.28. The maximum atomic E-state index is 2.57. The average Bonchev–Trinajstić information content (AvgIpc) is 3.37. The van der Waals surface area contributed by atoms with Gasteiger partial charge in [-0.25, -0.2) is 0 Å². The molecule has 1 heterocycles. The van der Waals surface area contributed by atoms with E-state index in [2.05, 4.69) is 158 Å². The molecular formula is C39H40N2S. The van der Waals surface area contributed by atoms with Crippen LogP contribution in [0, 0.1) is 5.92 Å². The molecule has 2 nitrogen and oxygen atoms in total. The number of allylic oxidation sites excluding steroid dienone is 6. The normalized spacial score (nSPS) is 20.8. The van der Waals surface area contributed by atoms with Crippen LogP contribution in [0.2, 0.25) is 0 Å². The van der Waals surface area contributed by atoms with E-state index in [0.717, 1.165) is 19.3 Å². The zero-order valence-corrected chi connectivity index (χ0v) is 25.7. The highest BCUT2D eigenvalue weighted by Crippen LogP contribution is 2.74. The van der Waals surface area contributed by atoms with E-state index in [9.17, 15) is 0 Å². The summed E-state index contributed by atoms with van der Waals surface area (Å²) in [6.07, 6.45) is 16.1. The van der Waals surface area contributed by atoms with Crippen molar-refractivity contribution in [3.63, 3.8) is 0 Å². The fraction of sp³-hybridized carbons (Fsp3) is 0.231. The minimum atomic E-state index is -1.63. The molecule has 5 aromatic rings. The first-order valence-electron chi connectivity index (χ1n) is 15.3. The molecule has 42 heavy (non-hydrogen) atoms. The number of fused-ring (bicyclic) bond motifs is 3. The molecule has 4 aromatic carbocycles. The molecule has 212 valence electrons. The van der Waals surface area contributed by atoms with Crippen LogP contribution in [-0.4, -0.2) is 23.9 Å². The minimum absolute atomic E-state index is 0.480. The summed E-state index contributed by atoms with van der Waals surface area (Å²) >= 11 is 0. The maximum Gasteiger partial charge on any atom is 0.0538 e. The van der Waals surface area contributed by atoms with Gasteiger partial charge in [0.05, 0.1) is 11.0 Å². The zero-order chi connectivity index (χ0) is 28.7. The van der Waals surface area contributed by atoms with Crippen molar-refractivity contribution in [2.45, 2.75) is 52.5 Å². The van der Waals surface area contributed by atoms with E-state index in [0.29, 0.717) is 11.2 Å². The topological polar surface area (TPSA) is 8.17 Å². The lowest BCUT2D eigenvalue weighted by molar-refractivity contribution is 0.592. The van der Waals surface area contributed by atoms with Gasteiger partial charge in [0.2, 0.25) is 0 Å². The predicted molar refractivity (Wildman–Crippen MR) is 183 cm³/mol. The van der Waals surface area contributed by atoms with Crippen LogP contribution in [0.1, 0.15) is 32.6 Å². The molecule has 3 atom stereocenters. The van der Waals surface area contributed by atoms with Crippen LogP contribution >= 0.6 is 10.0 Å². The summed E-state index contributed by atoms with van der Waals surface area (Å²) in [7, 11) is 2.68. The fourth-order valence-electron chi connectivity index (χ4n) is 7.22. The Morgan fingerprint density at radius 3 is 2.26 bits per heavy atom. The second kappa shape index (κ2) is 11.0. The largest absolute Gasteiger partial charge is 0.378 e. The number of rotatable bonds is 6. The molecule has 1 aromatic heterocycles. The van der Waals surface area contributed by atoms with E-state index in [4.69, 9.17) is 0 Å². The van der Waals surface area contributed by atoms with E-state index < -0.39 is 10.0 Å². The van der Waals surface area contributed by atoms with Gasteiger partial charge in [0.1, 0.15) is 0 Å². The second-order valence-electron chi connectivity index (χ2n) is 11.9. The van der Waals surface area contributed by atoms with Crippen LogP contribution in [0.25, 0.3) is 27.5 Å². The van der Waals surface area contributed by atoms with E-state index in [1.165, 1.54) is 54.3 Å². The minimum Gasteiger partial charge on any atom is -0.378 e. The third kappa shape index (κ3) is 4.34. The molecular weight excluding hydrogens is 529 g/mol. The highest BCUT2D eigenvalue weighted by molar-refractivity contribution is 8.34. The SMILES string of the molecule is CC1C=CCCC1S(c1ccccc1)(c1cccc(N(C)C)c1)c1ccc2c(c1)c1ccccc1n2C1=CC=CCC1. The van der Waals surface area contributed by atoms with Gasteiger partial charge >= 0.3 is 0 Å². The molecule has 3 unspecified atom stereocenters. The van der Waals surface area contributed by atoms with Crippen molar-refractivity contribution < 1.29 is 0 Å². The Bertz CT molecular complexity index is 1840. The van der Waals surface area contributed by atoms with Crippen LogP contribution in [-0.2, 0) is 0 Å². The summed E-state index contributed by atoms with van der Waals surface area (Å²) in [5.74, 6) is 0.480. The number of nitrogens with zero attached hydrogens (tertiary/aromatic N) is 2. The van der Waals surface area contributed by atoms with Crippen molar-refractivity contribution >= 4 is 43.2 Å². The lowest BCUT2D eigenvalue weighted by Gasteiger charge is -2.51. The molecule has 3 heteroatoms. The third-order valence-corrected chi connectivity index (χ3v) is 13.8. The first-order chi connectivity index (χ1) is 20.6. The molecule has 7 rings (SSSR count). The number of hydrogen-bond donors (Lipinski definition) is 0. The highest BCUT2D eigenvalue weighted by atomic mass is 32.3. The highest BCUT2D eigenvalue weighted by Gasteiger charge is 2.42. The Balaban J connectivity index is 1.57. The van der Waals surface area contributed by atoms with Gasteiger partial charge < -0.3 is 9.47 Å². The van der Waals surface area contributed by atoms with E-state index in [1.807, 2.05) is 0 Å². The van der Waals surface area contributed by atoms with Gasteiger partial charge in [-0.3, -0.25) is 0 Å². The summed E-state index contributed by atoms with van der Waals surface area (Å²) in [5, 5.41) is 3.19. The Labute approximate surface area is 252 Å². The van der Waals surface area contributed by atoms with Crippen LogP contribution in [0.15, 0.2) is 142 Å². The summed E-state index contributed by atoms with van der Waals surface area (Å²) in [6, 6.07) is 37.3. The van der Waals surface area contributed by atoms with E-state index in [-0.39, 0.29) is 0 Å². The number of anilines is 1. The van der Waals surface area contributed by atoms with E-state index >= 15 is 0 Å². The summed E-state index contributed by atoms with van der Waals surface area (Å²) < 4.78 is 2.51. The first-order valence-corrected chi connectivity index (χ1v) is 17.0.